The van der Waals surface area contributed by atoms with E-state index >= 15 is 0 Å². The number of hydrogen-bond donors (Lipinski definition) is 0. The third-order valence-corrected chi connectivity index (χ3v) is 4.09. The first-order chi connectivity index (χ1) is 9.70. The topological polar surface area (TPSA) is 38.2 Å². The summed E-state index contributed by atoms with van der Waals surface area (Å²) in [5.41, 5.74) is 0. The van der Waals surface area contributed by atoms with Gasteiger partial charge in [0.1, 0.15) is 17.6 Å². The van der Waals surface area contributed by atoms with Gasteiger partial charge in [-0.3, -0.25) is 0 Å². The van der Waals surface area contributed by atoms with E-state index in [0.29, 0.717) is 30.2 Å². The first kappa shape index (κ1) is 15.5. The monoisotopic (exact) mass is 297 g/mol. The lowest BCUT2D eigenvalue weighted by atomic mass is 10.1. The molecule has 0 atom stereocenters. The second-order valence-corrected chi connectivity index (χ2v) is 5.75. The van der Waals surface area contributed by atoms with Crippen molar-refractivity contribution < 1.29 is 4.74 Å². The number of hydrogen-bond acceptors (Lipinski definition) is 4. The van der Waals surface area contributed by atoms with E-state index in [4.69, 9.17) is 16.3 Å². The molecule has 0 unspecified atom stereocenters. The predicted molar refractivity (Wildman–Crippen MR) is 82.3 cm³/mol. The van der Waals surface area contributed by atoms with Crippen LogP contribution in [0.3, 0.4) is 0 Å². The van der Waals surface area contributed by atoms with E-state index in [1.165, 1.54) is 38.5 Å². The van der Waals surface area contributed by atoms with Crippen molar-refractivity contribution >= 4 is 17.4 Å². The van der Waals surface area contributed by atoms with E-state index in [1.54, 1.807) is 0 Å². The molecular formula is C15H24ClN3O. The number of nitrogens with zero attached hydrogens (tertiary/aromatic N) is 3. The van der Waals surface area contributed by atoms with E-state index in [0.717, 1.165) is 5.82 Å². The van der Waals surface area contributed by atoms with E-state index in [-0.39, 0.29) is 0 Å². The van der Waals surface area contributed by atoms with Crippen LogP contribution in [0.5, 0.6) is 0 Å². The van der Waals surface area contributed by atoms with Gasteiger partial charge in [0.25, 0.3) is 0 Å². The van der Waals surface area contributed by atoms with Crippen LogP contribution in [0.15, 0.2) is 6.07 Å². The van der Waals surface area contributed by atoms with Crippen molar-refractivity contribution in [2.45, 2.75) is 58.1 Å². The molecule has 0 radical (unpaired) electrons. The molecule has 0 N–H and O–H groups in total. The van der Waals surface area contributed by atoms with Gasteiger partial charge < -0.3 is 9.64 Å². The molecule has 0 bridgehead atoms. The van der Waals surface area contributed by atoms with Gasteiger partial charge in [-0.2, -0.15) is 0 Å². The average molecular weight is 298 g/mol. The molecule has 1 aliphatic carbocycles. The number of ether oxygens (including phenoxy) is 1. The number of anilines is 1. The highest BCUT2D eigenvalue weighted by Gasteiger charge is 2.19. The van der Waals surface area contributed by atoms with Crippen LogP contribution >= 0.6 is 11.6 Å². The molecule has 0 aliphatic heterocycles. The van der Waals surface area contributed by atoms with Crippen molar-refractivity contribution in [1.29, 1.82) is 0 Å². The number of halogens is 1. The molecule has 1 heterocycles. The fraction of sp³-hybridized carbons (Fsp3) is 0.733. The largest absolute Gasteiger partial charge is 0.374 e. The zero-order valence-electron chi connectivity index (χ0n) is 12.4. The molecule has 1 aromatic rings. The molecule has 0 aromatic carbocycles. The quantitative estimate of drug-likeness (QED) is 0.611. The Bertz CT molecular complexity index is 420. The molecule has 1 fully saturated rings. The molecule has 0 saturated heterocycles. The lowest BCUT2D eigenvalue weighted by molar-refractivity contribution is 0.128. The molecule has 5 heteroatoms. The maximum atomic E-state index is 6.11. The third-order valence-electron chi connectivity index (χ3n) is 3.90. The molecule has 112 valence electrons. The lowest BCUT2D eigenvalue weighted by Crippen LogP contribution is -2.32. The van der Waals surface area contributed by atoms with Crippen LogP contribution < -0.4 is 4.90 Å². The zero-order chi connectivity index (χ0) is 14.4. The molecule has 1 saturated carbocycles. The zero-order valence-corrected chi connectivity index (χ0v) is 13.2. The highest BCUT2D eigenvalue weighted by molar-refractivity contribution is 6.29. The standard InChI is InChI=1S/C15H24ClN3O/c1-3-20-11-14-17-13(16)10-15(18-14)19(2)12-8-6-4-5-7-9-12/h10,12H,3-9,11H2,1-2H3. The smallest absolute Gasteiger partial charge is 0.158 e. The van der Waals surface area contributed by atoms with E-state index in [2.05, 4.69) is 21.9 Å². The SMILES string of the molecule is CCOCc1nc(Cl)cc(N(C)C2CCCCCC2)n1. The van der Waals surface area contributed by atoms with Crippen molar-refractivity contribution in [3.8, 4) is 0 Å². The Balaban J connectivity index is 2.11. The molecule has 1 aliphatic rings. The summed E-state index contributed by atoms with van der Waals surface area (Å²) in [5, 5.41) is 0.491. The van der Waals surface area contributed by atoms with Crippen LogP contribution in [0.25, 0.3) is 0 Å². The van der Waals surface area contributed by atoms with Crippen LogP contribution in [0.4, 0.5) is 5.82 Å². The Morgan fingerprint density at radius 1 is 1.25 bits per heavy atom. The number of rotatable bonds is 5. The Hall–Kier alpha value is -0.870. The van der Waals surface area contributed by atoms with Gasteiger partial charge >= 0.3 is 0 Å². The summed E-state index contributed by atoms with van der Waals surface area (Å²) in [7, 11) is 2.11. The maximum absolute atomic E-state index is 6.11. The van der Waals surface area contributed by atoms with Gasteiger partial charge in [0.2, 0.25) is 0 Å². The molecule has 20 heavy (non-hydrogen) atoms. The van der Waals surface area contributed by atoms with Gasteiger partial charge in [0.15, 0.2) is 5.82 Å². The van der Waals surface area contributed by atoms with Gasteiger partial charge in [0, 0.05) is 25.8 Å². The average Bonchev–Trinajstić information content (AvgIpc) is 2.72. The predicted octanol–water partition coefficient (Wildman–Crippen LogP) is 3.83. The minimum atomic E-state index is 0.419. The second-order valence-electron chi connectivity index (χ2n) is 5.36. The summed E-state index contributed by atoms with van der Waals surface area (Å²) in [5.74, 6) is 1.57. The Morgan fingerprint density at radius 3 is 2.60 bits per heavy atom. The fourth-order valence-corrected chi connectivity index (χ4v) is 2.92. The molecule has 4 nitrogen and oxygen atoms in total. The van der Waals surface area contributed by atoms with E-state index in [1.807, 2.05) is 13.0 Å². The van der Waals surface area contributed by atoms with Crippen molar-refractivity contribution in [3.63, 3.8) is 0 Å². The molecule has 0 spiro atoms. The Labute approximate surface area is 126 Å². The molecular weight excluding hydrogens is 274 g/mol. The minimum absolute atomic E-state index is 0.419. The van der Waals surface area contributed by atoms with Crippen molar-refractivity contribution in [3.05, 3.63) is 17.0 Å². The summed E-state index contributed by atoms with van der Waals surface area (Å²) in [6.07, 6.45) is 7.78. The van der Waals surface area contributed by atoms with Crippen LogP contribution in [-0.2, 0) is 11.3 Å². The van der Waals surface area contributed by atoms with Gasteiger partial charge in [0.05, 0.1) is 0 Å². The van der Waals surface area contributed by atoms with Gasteiger partial charge in [-0.15, -0.1) is 0 Å². The first-order valence-corrected chi connectivity index (χ1v) is 7.92. The fourth-order valence-electron chi connectivity index (χ4n) is 2.72. The van der Waals surface area contributed by atoms with Crippen molar-refractivity contribution in [2.24, 2.45) is 0 Å². The summed E-state index contributed by atoms with van der Waals surface area (Å²) in [6, 6.07) is 2.41. The Morgan fingerprint density at radius 2 is 1.95 bits per heavy atom. The molecule has 2 rings (SSSR count). The Kier molecular flexibility index (Phi) is 6.05. The van der Waals surface area contributed by atoms with Crippen LogP contribution in [-0.4, -0.2) is 29.7 Å². The van der Waals surface area contributed by atoms with Crippen LogP contribution in [0, 0.1) is 0 Å². The normalized spacial score (nSPS) is 16.9. The number of aromatic nitrogens is 2. The maximum Gasteiger partial charge on any atom is 0.158 e. The summed E-state index contributed by atoms with van der Waals surface area (Å²) in [4.78, 5) is 11.1. The lowest BCUT2D eigenvalue weighted by Gasteiger charge is -2.28. The van der Waals surface area contributed by atoms with Crippen LogP contribution in [0.1, 0.15) is 51.3 Å². The minimum Gasteiger partial charge on any atom is -0.374 e. The van der Waals surface area contributed by atoms with Gasteiger partial charge in [-0.05, 0) is 19.8 Å². The first-order valence-electron chi connectivity index (χ1n) is 7.54. The van der Waals surface area contributed by atoms with Crippen molar-refractivity contribution in [2.75, 3.05) is 18.6 Å². The van der Waals surface area contributed by atoms with E-state index < -0.39 is 0 Å². The van der Waals surface area contributed by atoms with Crippen molar-refractivity contribution in [1.82, 2.24) is 9.97 Å². The highest BCUT2D eigenvalue weighted by atomic mass is 35.5. The molecule has 1 aromatic heterocycles. The summed E-state index contributed by atoms with van der Waals surface area (Å²) < 4.78 is 5.37. The highest BCUT2D eigenvalue weighted by Crippen LogP contribution is 2.25. The van der Waals surface area contributed by atoms with Crippen LogP contribution in [0.2, 0.25) is 5.15 Å². The van der Waals surface area contributed by atoms with Gasteiger partial charge in [-0.25, -0.2) is 9.97 Å². The van der Waals surface area contributed by atoms with Gasteiger partial charge in [-0.1, -0.05) is 37.3 Å². The second kappa shape index (κ2) is 7.79. The molecule has 0 amide bonds. The van der Waals surface area contributed by atoms with E-state index in [9.17, 15) is 0 Å². The summed E-state index contributed by atoms with van der Waals surface area (Å²) in [6.45, 7) is 3.04. The summed E-state index contributed by atoms with van der Waals surface area (Å²) >= 11 is 6.11. The third kappa shape index (κ3) is 4.32.